The third-order valence-electron chi connectivity index (χ3n) is 3.95. The van der Waals surface area contributed by atoms with Crippen LogP contribution in [0.25, 0.3) is 5.69 Å². The summed E-state index contributed by atoms with van der Waals surface area (Å²) in [5.74, 6) is 0. The standard InChI is InChI=1S/C15H11BrF6N2/c16-10-7-8(14(17,18)19)5-6-12(10)24-11-4-2-1-3-9(11)13(23-24)15(20,21)22/h5-7H,1-4H2. The third-order valence-corrected chi connectivity index (χ3v) is 4.59. The summed E-state index contributed by atoms with van der Waals surface area (Å²) in [5, 5.41) is 3.67. The average molecular weight is 413 g/mol. The number of alkyl halides is 6. The minimum absolute atomic E-state index is 0.0434. The second kappa shape index (κ2) is 5.79. The lowest BCUT2D eigenvalue weighted by Crippen LogP contribution is -2.11. The zero-order chi connectivity index (χ0) is 17.7. The maximum atomic E-state index is 13.2. The van der Waals surface area contributed by atoms with Gasteiger partial charge >= 0.3 is 12.4 Å². The van der Waals surface area contributed by atoms with E-state index in [-0.39, 0.29) is 22.1 Å². The van der Waals surface area contributed by atoms with E-state index in [2.05, 4.69) is 21.0 Å². The number of halogens is 7. The molecule has 0 spiro atoms. The Morgan fingerprint density at radius 2 is 1.62 bits per heavy atom. The molecule has 1 aromatic carbocycles. The van der Waals surface area contributed by atoms with Gasteiger partial charge in [-0.3, -0.25) is 0 Å². The highest BCUT2D eigenvalue weighted by molar-refractivity contribution is 9.10. The van der Waals surface area contributed by atoms with Gasteiger partial charge in [0.05, 0.1) is 11.3 Å². The van der Waals surface area contributed by atoms with Crippen LogP contribution in [-0.2, 0) is 25.2 Å². The molecule has 0 saturated heterocycles. The molecule has 0 amide bonds. The van der Waals surface area contributed by atoms with Crippen LogP contribution in [0.1, 0.15) is 35.4 Å². The molecule has 1 aliphatic rings. The van der Waals surface area contributed by atoms with E-state index in [9.17, 15) is 26.3 Å². The van der Waals surface area contributed by atoms with Crippen molar-refractivity contribution in [2.24, 2.45) is 0 Å². The molecule has 2 nitrogen and oxygen atoms in total. The molecule has 2 aromatic rings. The summed E-state index contributed by atoms with van der Waals surface area (Å²) in [6.45, 7) is 0. The fraction of sp³-hybridized carbons (Fsp3) is 0.400. The minimum Gasteiger partial charge on any atom is -0.236 e. The number of rotatable bonds is 1. The van der Waals surface area contributed by atoms with Crippen molar-refractivity contribution in [3.05, 3.63) is 45.2 Å². The zero-order valence-electron chi connectivity index (χ0n) is 12.1. The van der Waals surface area contributed by atoms with E-state index in [0.29, 0.717) is 25.0 Å². The topological polar surface area (TPSA) is 17.8 Å². The lowest BCUT2D eigenvalue weighted by Gasteiger charge is -2.16. The van der Waals surface area contributed by atoms with Gasteiger partial charge in [-0.25, -0.2) is 4.68 Å². The zero-order valence-corrected chi connectivity index (χ0v) is 13.7. The normalized spacial score (nSPS) is 15.5. The molecule has 0 saturated carbocycles. The summed E-state index contributed by atoms with van der Waals surface area (Å²) in [7, 11) is 0. The highest BCUT2D eigenvalue weighted by atomic mass is 79.9. The van der Waals surface area contributed by atoms with Gasteiger partial charge in [0.2, 0.25) is 0 Å². The molecule has 9 heteroatoms. The Kier molecular flexibility index (Phi) is 4.17. The van der Waals surface area contributed by atoms with Crippen LogP contribution in [0.4, 0.5) is 26.3 Å². The van der Waals surface area contributed by atoms with Gasteiger partial charge in [0.25, 0.3) is 0 Å². The number of benzene rings is 1. The summed E-state index contributed by atoms with van der Waals surface area (Å²) >= 11 is 3.02. The highest BCUT2D eigenvalue weighted by Gasteiger charge is 2.40. The Labute approximate surface area is 141 Å². The minimum atomic E-state index is -4.59. The van der Waals surface area contributed by atoms with Crippen molar-refractivity contribution in [1.82, 2.24) is 9.78 Å². The van der Waals surface area contributed by atoms with E-state index in [4.69, 9.17) is 0 Å². The van der Waals surface area contributed by atoms with Crippen molar-refractivity contribution in [1.29, 1.82) is 0 Å². The summed E-state index contributed by atoms with van der Waals surface area (Å²) in [6, 6.07) is 2.82. The summed E-state index contributed by atoms with van der Waals surface area (Å²) in [6.07, 6.45) is -7.09. The first-order valence-corrected chi connectivity index (χ1v) is 7.93. The van der Waals surface area contributed by atoms with Crippen molar-refractivity contribution in [2.45, 2.75) is 38.0 Å². The molecule has 0 unspecified atom stereocenters. The number of hydrogen-bond donors (Lipinski definition) is 0. The molecule has 24 heavy (non-hydrogen) atoms. The first-order chi connectivity index (χ1) is 11.1. The van der Waals surface area contributed by atoms with Crippen LogP contribution in [0.3, 0.4) is 0 Å². The number of hydrogen-bond acceptors (Lipinski definition) is 1. The molecule has 3 rings (SSSR count). The average Bonchev–Trinajstić information content (AvgIpc) is 2.86. The second-order valence-electron chi connectivity index (χ2n) is 5.55. The smallest absolute Gasteiger partial charge is 0.236 e. The summed E-state index contributed by atoms with van der Waals surface area (Å²) in [5.41, 5.74) is -1.12. The van der Waals surface area contributed by atoms with Crippen LogP contribution >= 0.6 is 15.9 Å². The molecule has 1 aliphatic carbocycles. The van der Waals surface area contributed by atoms with E-state index in [1.54, 1.807) is 0 Å². The molecule has 0 N–H and O–H groups in total. The Bertz CT molecular complexity index is 775. The van der Waals surface area contributed by atoms with Crippen LogP contribution < -0.4 is 0 Å². The van der Waals surface area contributed by atoms with Crippen LogP contribution in [0, 0.1) is 0 Å². The fourth-order valence-electron chi connectivity index (χ4n) is 2.88. The molecule has 1 aromatic heterocycles. The number of nitrogens with zero attached hydrogens (tertiary/aromatic N) is 2. The Balaban J connectivity index is 2.15. The van der Waals surface area contributed by atoms with Gasteiger partial charge in [0.1, 0.15) is 0 Å². The molecule has 0 atom stereocenters. The predicted octanol–water partition coefficient (Wildman–Crippen LogP) is 5.55. The van der Waals surface area contributed by atoms with Gasteiger partial charge < -0.3 is 0 Å². The van der Waals surface area contributed by atoms with Crippen molar-refractivity contribution in [3.63, 3.8) is 0 Å². The molecular weight excluding hydrogens is 402 g/mol. The quantitative estimate of drug-likeness (QED) is 0.561. The first kappa shape index (κ1) is 17.3. The van der Waals surface area contributed by atoms with Crippen LogP contribution in [0.5, 0.6) is 0 Å². The van der Waals surface area contributed by atoms with Crippen molar-refractivity contribution in [2.75, 3.05) is 0 Å². The first-order valence-electron chi connectivity index (χ1n) is 7.14. The van der Waals surface area contributed by atoms with E-state index in [0.717, 1.165) is 22.9 Å². The highest BCUT2D eigenvalue weighted by Crippen LogP contribution is 2.39. The maximum Gasteiger partial charge on any atom is 0.435 e. The van der Waals surface area contributed by atoms with Crippen molar-refractivity contribution in [3.8, 4) is 5.69 Å². The monoisotopic (exact) mass is 412 g/mol. The molecule has 130 valence electrons. The lowest BCUT2D eigenvalue weighted by molar-refractivity contribution is -0.142. The lowest BCUT2D eigenvalue weighted by atomic mass is 9.95. The Morgan fingerprint density at radius 1 is 0.958 bits per heavy atom. The van der Waals surface area contributed by atoms with E-state index in [1.165, 1.54) is 0 Å². The van der Waals surface area contributed by atoms with Gasteiger partial charge in [0.15, 0.2) is 5.69 Å². The number of aromatic nitrogens is 2. The summed E-state index contributed by atoms with van der Waals surface area (Å²) < 4.78 is 79.0. The number of fused-ring (bicyclic) bond motifs is 1. The molecule has 0 bridgehead atoms. The van der Waals surface area contributed by atoms with E-state index in [1.807, 2.05) is 0 Å². The van der Waals surface area contributed by atoms with Gasteiger partial charge in [0, 0.05) is 15.7 Å². The van der Waals surface area contributed by atoms with Crippen LogP contribution in [0.15, 0.2) is 22.7 Å². The predicted molar refractivity (Wildman–Crippen MR) is 77.9 cm³/mol. The summed E-state index contributed by atoms with van der Waals surface area (Å²) in [4.78, 5) is 0. The van der Waals surface area contributed by atoms with E-state index < -0.39 is 23.6 Å². The van der Waals surface area contributed by atoms with Crippen molar-refractivity contribution >= 4 is 15.9 Å². The SMILES string of the molecule is FC(F)(F)c1ccc(-n2nc(C(F)(F)F)c3c2CCCC3)c(Br)c1. The third kappa shape index (κ3) is 3.05. The van der Waals surface area contributed by atoms with E-state index >= 15 is 0 Å². The molecule has 1 heterocycles. The maximum absolute atomic E-state index is 13.2. The molecular formula is C15H11BrF6N2. The van der Waals surface area contributed by atoms with Gasteiger partial charge in [-0.1, -0.05) is 0 Å². The van der Waals surface area contributed by atoms with Gasteiger partial charge in [-0.05, 0) is 59.8 Å². The molecule has 0 radical (unpaired) electrons. The Hall–Kier alpha value is -1.51. The van der Waals surface area contributed by atoms with Crippen LogP contribution in [-0.4, -0.2) is 9.78 Å². The Morgan fingerprint density at radius 3 is 2.21 bits per heavy atom. The van der Waals surface area contributed by atoms with Crippen molar-refractivity contribution < 1.29 is 26.3 Å². The fourth-order valence-corrected chi connectivity index (χ4v) is 3.43. The molecule has 0 aliphatic heterocycles. The van der Waals surface area contributed by atoms with Crippen LogP contribution in [0.2, 0.25) is 0 Å². The molecule has 0 fully saturated rings. The second-order valence-corrected chi connectivity index (χ2v) is 6.41. The largest absolute Gasteiger partial charge is 0.435 e. The van der Waals surface area contributed by atoms with Gasteiger partial charge in [-0.15, -0.1) is 0 Å². The van der Waals surface area contributed by atoms with Gasteiger partial charge in [-0.2, -0.15) is 31.4 Å².